The number of anilines is 1. The van der Waals surface area contributed by atoms with Crippen molar-refractivity contribution in [1.29, 1.82) is 0 Å². The number of carbonyl (C=O) groups is 1. The van der Waals surface area contributed by atoms with Crippen molar-refractivity contribution >= 4 is 23.0 Å². The molecule has 0 aliphatic carbocycles. The highest BCUT2D eigenvalue weighted by Crippen LogP contribution is 2.32. The highest BCUT2D eigenvalue weighted by Gasteiger charge is 2.44. The lowest BCUT2D eigenvalue weighted by Crippen LogP contribution is -2.43. The van der Waals surface area contributed by atoms with Crippen molar-refractivity contribution in [2.75, 3.05) is 39.0 Å². The fourth-order valence-electron chi connectivity index (χ4n) is 3.64. The Kier molecular flexibility index (Phi) is 7.69. The van der Waals surface area contributed by atoms with E-state index in [9.17, 15) is 15.0 Å². The minimum absolute atomic E-state index is 0.207. The molecule has 1 aliphatic heterocycles. The maximum absolute atomic E-state index is 11.0. The molecule has 1 fully saturated rings. The molecule has 5 atom stereocenters. The summed E-state index contributed by atoms with van der Waals surface area (Å²) in [5.41, 5.74) is 12.2. The topological polar surface area (TPSA) is 198 Å². The summed E-state index contributed by atoms with van der Waals surface area (Å²) in [5.74, 6) is -0.852. The van der Waals surface area contributed by atoms with E-state index in [0.29, 0.717) is 30.8 Å². The van der Waals surface area contributed by atoms with Crippen molar-refractivity contribution in [3.63, 3.8) is 0 Å². The number of hydrogen-bond acceptors (Lipinski definition) is 11. The molecule has 0 bridgehead atoms. The summed E-state index contributed by atoms with van der Waals surface area (Å²) in [6, 6.07) is -0.970. The molecule has 1 aliphatic rings. The monoisotopic (exact) mass is 438 g/mol. The quantitative estimate of drug-likeness (QED) is 0.206. The first-order valence-electron chi connectivity index (χ1n) is 10.1. The molecular weight excluding hydrogens is 408 g/mol. The van der Waals surface area contributed by atoms with E-state index in [4.69, 9.17) is 21.3 Å². The summed E-state index contributed by atoms with van der Waals surface area (Å²) in [4.78, 5) is 25.2. The Morgan fingerprint density at radius 2 is 2.10 bits per heavy atom. The Balaban J connectivity index is 1.71. The third-order valence-corrected chi connectivity index (χ3v) is 5.41. The minimum Gasteiger partial charge on any atom is -0.480 e. The molecule has 3 rings (SSSR count). The van der Waals surface area contributed by atoms with Crippen LogP contribution in [0.3, 0.4) is 0 Å². The lowest BCUT2D eigenvalue weighted by atomic mass is 10.1. The number of nitrogens with zero attached hydrogens (tertiary/aromatic N) is 5. The van der Waals surface area contributed by atoms with Crippen molar-refractivity contribution in [2.24, 2.45) is 5.73 Å². The molecular formula is C18H30N8O5. The largest absolute Gasteiger partial charge is 0.480 e. The van der Waals surface area contributed by atoms with Crippen LogP contribution in [0.5, 0.6) is 0 Å². The SMILES string of the molecule is CNCCCN(CCC(N)C(=O)O)C[C@H]1O[C@@H](n2cnc3c(N)ncnc32)[C@H](O)[C@@H]1O. The molecule has 8 N–H and O–H groups in total. The van der Waals surface area contributed by atoms with Crippen LogP contribution in [0.1, 0.15) is 19.1 Å². The highest BCUT2D eigenvalue weighted by molar-refractivity contribution is 5.81. The van der Waals surface area contributed by atoms with Crippen molar-refractivity contribution in [3.8, 4) is 0 Å². The van der Waals surface area contributed by atoms with Gasteiger partial charge in [0, 0.05) is 13.1 Å². The molecule has 0 radical (unpaired) electrons. The third kappa shape index (κ3) is 5.26. The summed E-state index contributed by atoms with van der Waals surface area (Å²) < 4.78 is 7.51. The Morgan fingerprint density at radius 1 is 1.32 bits per heavy atom. The Labute approximate surface area is 179 Å². The molecule has 172 valence electrons. The van der Waals surface area contributed by atoms with Gasteiger partial charge in [-0.25, -0.2) is 15.0 Å². The van der Waals surface area contributed by atoms with Crippen molar-refractivity contribution in [1.82, 2.24) is 29.7 Å². The number of aromatic nitrogens is 4. The van der Waals surface area contributed by atoms with E-state index in [0.717, 1.165) is 13.0 Å². The van der Waals surface area contributed by atoms with Crippen LogP contribution in [0.15, 0.2) is 12.7 Å². The third-order valence-electron chi connectivity index (χ3n) is 5.41. The van der Waals surface area contributed by atoms with Crippen molar-refractivity contribution < 1.29 is 24.9 Å². The van der Waals surface area contributed by atoms with Crippen LogP contribution in [0.2, 0.25) is 0 Å². The van der Waals surface area contributed by atoms with E-state index in [1.54, 1.807) is 0 Å². The Morgan fingerprint density at radius 3 is 2.81 bits per heavy atom. The summed E-state index contributed by atoms with van der Waals surface area (Å²) >= 11 is 0. The number of carboxylic acids is 1. The molecule has 3 heterocycles. The van der Waals surface area contributed by atoms with Gasteiger partial charge >= 0.3 is 5.97 Å². The molecule has 13 heteroatoms. The van der Waals surface area contributed by atoms with Crippen molar-refractivity contribution in [2.45, 2.75) is 43.4 Å². The number of imidazole rings is 1. The molecule has 0 aromatic carbocycles. The van der Waals surface area contributed by atoms with Gasteiger partial charge in [0.2, 0.25) is 0 Å². The van der Waals surface area contributed by atoms with E-state index in [1.807, 2.05) is 11.9 Å². The first-order valence-corrected chi connectivity index (χ1v) is 10.1. The van der Waals surface area contributed by atoms with Crippen LogP contribution in [0, 0.1) is 0 Å². The minimum atomic E-state index is -1.21. The number of carboxylic acid groups (broad SMARTS) is 1. The molecule has 0 amide bonds. The highest BCUT2D eigenvalue weighted by atomic mass is 16.6. The van der Waals surface area contributed by atoms with Gasteiger partial charge in [0.05, 0.1) is 6.33 Å². The first kappa shape index (κ1) is 23.2. The number of aliphatic hydroxyl groups excluding tert-OH is 2. The second-order valence-corrected chi connectivity index (χ2v) is 7.62. The van der Waals surface area contributed by atoms with Gasteiger partial charge in [-0.3, -0.25) is 9.36 Å². The zero-order chi connectivity index (χ0) is 22.5. The van der Waals surface area contributed by atoms with Crippen LogP contribution in [-0.4, -0.2) is 103 Å². The fourth-order valence-corrected chi connectivity index (χ4v) is 3.64. The summed E-state index contributed by atoms with van der Waals surface area (Å²) in [6.45, 7) is 2.15. The second-order valence-electron chi connectivity index (χ2n) is 7.62. The number of aliphatic carboxylic acids is 1. The fraction of sp³-hybridized carbons (Fsp3) is 0.667. The van der Waals surface area contributed by atoms with E-state index in [1.165, 1.54) is 17.2 Å². The van der Waals surface area contributed by atoms with Gasteiger partial charge in [0.15, 0.2) is 17.7 Å². The molecule has 31 heavy (non-hydrogen) atoms. The lowest BCUT2D eigenvalue weighted by Gasteiger charge is -2.27. The number of rotatable bonds is 11. The first-order chi connectivity index (χ1) is 14.8. The number of ether oxygens (including phenoxy) is 1. The lowest BCUT2D eigenvalue weighted by molar-refractivity contribution is -0.138. The van der Waals surface area contributed by atoms with Gasteiger partial charge in [-0.05, 0) is 33.0 Å². The predicted octanol–water partition coefficient (Wildman–Crippen LogP) is -2.26. The van der Waals surface area contributed by atoms with Gasteiger partial charge in [0.25, 0.3) is 0 Å². The standard InChI is InChI=1S/C18H30N8O5/c1-21-4-2-5-25(6-3-10(19)18(29)30)7-11-13(27)14(28)17(31-11)26-9-24-12-15(20)22-8-23-16(12)26/h8-11,13-14,17,21,27-28H,2-7,19H2,1H3,(H,29,30)(H2,20,22,23)/t10?,11-,13-,14-,17-/m1/s1. The van der Waals surface area contributed by atoms with E-state index in [2.05, 4.69) is 20.3 Å². The molecule has 0 spiro atoms. The molecule has 13 nitrogen and oxygen atoms in total. The van der Waals surface area contributed by atoms with E-state index >= 15 is 0 Å². The zero-order valence-electron chi connectivity index (χ0n) is 17.3. The molecule has 2 aromatic heterocycles. The maximum Gasteiger partial charge on any atom is 0.320 e. The van der Waals surface area contributed by atoms with Crippen LogP contribution in [0.25, 0.3) is 11.2 Å². The van der Waals surface area contributed by atoms with Gasteiger partial charge in [-0.1, -0.05) is 0 Å². The maximum atomic E-state index is 11.0. The molecule has 2 aromatic rings. The average Bonchev–Trinajstić information content (AvgIpc) is 3.29. The summed E-state index contributed by atoms with van der Waals surface area (Å²) in [5, 5.41) is 33.3. The smallest absolute Gasteiger partial charge is 0.320 e. The van der Waals surface area contributed by atoms with Crippen LogP contribution in [-0.2, 0) is 9.53 Å². The van der Waals surface area contributed by atoms with Crippen LogP contribution < -0.4 is 16.8 Å². The summed E-state index contributed by atoms with van der Waals surface area (Å²) in [7, 11) is 1.85. The van der Waals surface area contributed by atoms with Crippen molar-refractivity contribution in [3.05, 3.63) is 12.7 Å². The predicted molar refractivity (Wildman–Crippen MR) is 111 cm³/mol. The van der Waals surface area contributed by atoms with E-state index in [-0.39, 0.29) is 12.2 Å². The van der Waals surface area contributed by atoms with Crippen LogP contribution in [0.4, 0.5) is 5.82 Å². The average molecular weight is 438 g/mol. The number of nitrogen functional groups attached to an aromatic ring is 1. The number of aliphatic hydroxyl groups is 2. The van der Waals surface area contributed by atoms with Gasteiger partial charge in [0.1, 0.15) is 36.2 Å². The zero-order valence-corrected chi connectivity index (χ0v) is 17.3. The molecule has 1 unspecified atom stereocenters. The number of nitrogens with one attached hydrogen (secondary N) is 1. The van der Waals surface area contributed by atoms with Gasteiger partial charge in [-0.15, -0.1) is 0 Å². The van der Waals surface area contributed by atoms with E-state index < -0.39 is 36.6 Å². The van der Waals surface area contributed by atoms with Gasteiger partial charge in [-0.2, -0.15) is 0 Å². The number of hydrogen-bond donors (Lipinski definition) is 6. The second kappa shape index (κ2) is 10.3. The molecule has 1 saturated heterocycles. The Hall–Kier alpha value is -2.42. The molecule has 0 saturated carbocycles. The van der Waals surface area contributed by atoms with Crippen LogP contribution >= 0.6 is 0 Å². The number of fused-ring (bicyclic) bond motifs is 1. The van der Waals surface area contributed by atoms with Gasteiger partial charge < -0.3 is 41.7 Å². The Bertz CT molecular complexity index is 880. The summed E-state index contributed by atoms with van der Waals surface area (Å²) in [6.07, 6.45) is -0.162. The number of nitrogens with two attached hydrogens (primary N) is 2. The normalized spacial score (nSPS) is 24.8.